The summed E-state index contributed by atoms with van der Waals surface area (Å²) >= 11 is 0. The van der Waals surface area contributed by atoms with Crippen LogP contribution in [0.15, 0.2) is 18.2 Å². The summed E-state index contributed by atoms with van der Waals surface area (Å²) in [5.74, 6) is 0.306. The maximum Gasteiger partial charge on any atom is 0.214 e. The Bertz CT molecular complexity index is 623. The van der Waals surface area contributed by atoms with Crippen LogP contribution in [0.25, 0.3) is 0 Å². The van der Waals surface area contributed by atoms with Gasteiger partial charge >= 0.3 is 0 Å². The minimum absolute atomic E-state index is 0.0514. The fourth-order valence-electron chi connectivity index (χ4n) is 2.82. The number of sulfonamides is 1. The molecular formula is C17H27FN2O2S. The summed E-state index contributed by atoms with van der Waals surface area (Å²) in [6.45, 7) is 5.93. The molecule has 1 aromatic rings. The average Bonchev–Trinajstić information content (AvgIpc) is 2.49. The second-order valence-electron chi connectivity index (χ2n) is 6.77. The molecule has 1 aromatic carbocycles. The third-order valence-corrected chi connectivity index (χ3v) is 6.47. The Morgan fingerprint density at radius 3 is 2.43 bits per heavy atom. The van der Waals surface area contributed by atoms with Crippen LogP contribution in [0.3, 0.4) is 0 Å². The van der Waals surface area contributed by atoms with Gasteiger partial charge in [-0.3, -0.25) is 0 Å². The van der Waals surface area contributed by atoms with E-state index in [0.29, 0.717) is 11.5 Å². The van der Waals surface area contributed by atoms with E-state index in [2.05, 4.69) is 10.0 Å². The molecular weight excluding hydrogens is 315 g/mol. The van der Waals surface area contributed by atoms with Crippen LogP contribution >= 0.6 is 0 Å². The number of anilines is 1. The Hall–Kier alpha value is -1.14. The first-order valence-electron chi connectivity index (χ1n) is 8.29. The highest BCUT2D eigenvalue weighted by Gasteiger charge is 2.26. The second-order valence-corrected chi connectivity index (χ2v) is 9.04. The molecule has 1 fully saturated rings. The van der Waals surface area contributed by atoms with Crippen molar-refractivity contribution < 1.29 is 12.8 Å². The van der Waals surface area contributed by atoms with Crippen molar-refractivity contribution >= 4 is 15.7 Å². The number of halogens is 1. The number of hydrogen-bond donors (Lipinski definition) is 2. The lowest BCUT2D eigenvalue weighted by Crippen LogP contribution is -2.41. The second kappa shape index (κ2) is 7.62. The summed E-state index contributed by atoms with van der Waals surface area (Å²) in [7, 11) is -3.19. The van der Waals surface area contributed by atoms with Gasteiger partial charge in [0, 0.05) is 18.3 Å². The van der Waals surface area contributed by atoms with E-state index in [4.69, 9.17) is 0 Å². The van der Waals surface area contributed by atoms with Gasteiger partial charge in [-0.15, -0.1) is 0 Å². The highest BCUT2D eigenvalue weighted by molar-refractivity contribution is 7.90. The molecule has 23 heavy (non-hydrogen) atoms. The van der Waals surface area contributed by atoms with E-state index in [9.17, 15) is 12.8 Å². The predicted molar refractivity (Wildman–Crippen MR) is 92.6 cm³/mol. The van der Waals surface area contributed by atoms with Gasteiger partial charge in [0.05, 0.1) is 5.25 Å². The lowest BCUT2D eigenvalue weighted by molar-refractivity contribution is 0.323. The zero-order chi connectivity index (χ0) is 17.0. The fourth-order valence-corrected chi connectivity index (χ4v) is 3.79. The Balaban J connectivity index is 1.77. The van der Waals surface area contributed by atoms with Gasteiger partial charge in [0.15, 0.2) is 0 Å². The van der Waals surface area contributed by atoms with Gasteiger partial charge in [-0.1, -0.05) is 6.07 Å². The monoisotopic (exact) mass is 342 g/mol. The highest BCUT2D eigenvalue weighted by Crippen LogP contribution is 2.26. The van der Waals surface area contributed by atoms with E-state index in [0.717, 1.165) is 37.9 Å². The Morgan fingerprint density at radius 1 is 1.22 bits per heavy atom. The standard InChI is InChI=1S/C17H27FN2O2S/c1-12(2)23(21,22)20-15-8-5-14(6-9-15)11-19-16-7-4-13(3)17(18)10-16/h4,7,10,12,14-15,19-20H,5-6,8-9,11H2,1-3H3/t14-,15-. The van der Waals surface area contributed by atoms with E-state index in [1.54, 1.807) is 26.8 Å². The molecule has 0 aromatic heterocycles. The first kappa shape index (κ1) is 18.2. The van der Waals surface area contributed by atoms with Gasteiger partial charge in [-0.25, -0.2) is 17.5 Å². The maximum absolute atomic E-state index is 13.5. The zero-order valence-corrected chi connectivity index (χ0v) is 14.9. The first-order valence-corrected chi connectivity index (χ1v) is 9.83. The molecule has 2 N–H and O–H groups in total. The minimum Gasteiger partial charge on any atom is -0.385 e. The molecule has 0 heterocycles. The number of rotatable bonds is 6. The quantitative estimate of drug-likeness (QED) is 0.833. The Labute approximate surface area is 138 Å². The van der Waals surface area contributed by atoms with Gasteiger partial charge in [0.1, 0.15) is 5.82 Å². The molecule has 0 radical (unpaired) electrons. The fraction of sp³-hybridized carbons (Fsp3) is 0.647. The van der Waals surface area contributed by atoms with Gasteiger partial charge in [-0.05, 0) is 70.1 Å². The molecule has 1 aliphatic rings. The lowest BCUT2D eigenvalue weighted by atomic mass is 9.86. The van der Waals surface area contributed by atoms with E-state index in [1.807, 2.05) is 6.07 Å². The van der Waals surface area contributed by atoms with Crippen LogP contribution in [0, 0.1) is 18.7 Å². The largest absolute Gasteiger partial charge is 0.385 e. The number of nitrogens with one attached hydrogen (secondary N) is 2. The van der Waals surface area contributed by atoms with Crippen LogP contribution in [0.4, 0.5) is 10.1 Å². The third kappa shape index (κ3) is 5.18. The summed E-state index contributed by atoms with van der Waals surface area (Å²) in [6, 6.07) is 5.24. The number of aryl methyl sites for hydroxylation is 1. The molecule has 0 aliphatic heterocycles. The smallest absolute Gasteiger partial charge is 0.214 e. The van der Waals surface area contributed by atoms with E-state index in [1.165, 1.54) is 6.07 Å². The van der Waals surface area contributed by atoms with Gasteiger partial charge in [-0.2, -0.15) is 0 Å². The van der Waals surface area contributed by atoms with Crippen molar-refractivity contribution in [3.05, 3.63) is 29.6 Å². The number of benzene rings is 1. The van der Waals surface area contributed by atoms with Crippen molar-refractivity contribution in [3.8, 4) is 0 Å². The van der Waals surface area contributed by atoms with Crippen LogP contribution in [-0.4, -0.2) is 26.3 Å². The Morgan fingerprint density at radius 2 is 1.87 bits per heavy atom. The summed E-state index contributed by atoms with van der Waals surface area (Å²) in [5.41, 5.74) is 1.45. The van der Waals surface area contributed by atoms with Crippen LogP contribution in [0.5, 0.6) is 0 Å². The minimum atomic E-state index is -3.19. The average molecular weight is 342 g/mol. The van der Waals surface area contributed by atoms with Gasteiger partial charge in [0.2, 0.25) is 10.0 Å². The van der Waals surface area contributed by atoms with Crippen LogP contribution < -0.4 is 10.0 Å². The maximum atomic E-state index is 13.5. The zero-order valence-electron chi connectivity index (χ0n) is 14.1. The van der Waals surface area contributed by atoms with Crippen molar-refractivity contribution in [2.24, 2.45) is 5.92 Å². The van der Waals surface area contributed by atoms with Crippen molar-refractivity contribution in [3.63, 3.8) is 0 Å². The summed E-state index contributed by atoms with van der Waals surface area (Å²) in [4.78, 5) is 0. The highest BCUT2D eigenvalue weighted by atomic mass is 32.2. The molecule has 1 saturated carbocycles. The summed E-state index contributed by atoms with van der Waals surface area (Å²) in [5, 5.41) is 2.89. The van der Waals surface area contributed by atoms with Crippen molar-refractivity contribution in [1.29, 1.82) is 0 Å². The molecule has 6 heteroatoms. The van der Waals surface area contributed by atoms with Crippen molar-refractivity contribution in [2.75, 3.05) is 11.9 Å². The van der Waals surface area contributed by atoms with Gasteiger partial charge < -0.3 is 5.32 Å². The van der Waals surface area contributed by atoms with Crippen molar-refractivity contribution in [2.45, 2.75) is 57.7 Å². The summed E-state index contributed by atoms with van der Waals surface area (Å²) < 4.78 is 40.1. The predicted octanol–water partition coefficient (Wildman–Crippen LogP) is 3.43. The normalized spacial score (nSPS) is 22.3. The molecule has 0 amide bonds. The van der Waals surface area contributed by atoms with Crippen LogP contribution in [0.2, 0.25) is 0 Å². The molecule has 0 saturated heterocycles. The Kier molecular flexibility index (Phi) is 6.03. The lowest BCUT2D eigenvalue weighted by Gasteiger charge is -2.29. The molecule has 0 atom stereocenters. The van der Waals surface area contributed by atoms with E-state index in [-0.39, 0.29) is 11.9 Å². The molecule has 130 valence electrons. The SMILES string of the molecule is Cc1ccc(NC[C@H]2CC[C@H](NS(=O)(=O)C(C)C)CC2)cc1F. The molecule has 0 unspecified atom stereocenters. The van der Waals surface area contributed by atoms with E-state index < -0.39 is 15.3 Å². The van der Waals surface area contributed by atoms with E-state index >= 15 is 0 Å². The van der Waals surface area contributed by atoms with Crippen molar-refractivity contribution in [1.82, 2.24) is 4.72 Å². The van der Waals surface area contributed by atoms with Gasteiger partial charge in [0.25, 0.3) is 0 Å². The third-order valence-electron chi connectivity index (χ3n) is 4.56. The van der Waals surface area contributed by atoms with Crippen LogP contribution in [0.1, 0.15) is 45.1 Å². The summed E-state index contributed by atoms with van der Waals surface area (Å²) in [6.07, 6.45) is 3.68. The molecule has 0 bridgehead atoms. The number of hydrogen-bond acceptors (Lipinski definition) is 3. The molecule has 1 aliphatic carbocycles. The molecule has 0 spiro atoms. The molecule has 2 rings (SSSR count). The first-order chi connectivity index (χ1) is 10.8. The molecule has 4 nitrogen and oxygen atoms in total. The topological polar surface area (TPSA) is 58.2 Å². The van der Waals surface area contributed by atoms with Crippen LogP contribution in [-0.2, 0) is 10.0 Å².